The third-order valence-corrected chi connectivity index (χ3v) is 3.58. The van der Waals surface area contributed by atoms with Gasteiger partial charge in [0.2, 0.25) is 12.2 Å². The largest absolute Gasteiger partial charge is 0.364 e. The summed E-state index contributed by atoms with van der Waals surface area (Å²) in [7, 11) is 0. The van der Waals surface area contributed by atoms with Gasteiger partial charge in [-0.15, -0.1) is 0 Å². The highest BCUT2D eigenvalue weighted by molar-refractivity contribution is 5.91. The molecule has 0 radical (unpaired) electrons. The fraction of sp³-hybridized carbons (Fsp3) is 0.0667. The van der Waals surface area contributed by atoms with Gasteiger partial charge in [0, 0.05) is 18.6 Å². The second kappa shape index (κ2) is 5.09. The third kappa shape index (κ3) is 2.16. The summed E-state index contributed by atoms with van der Waals surface area (Å²) in [5.74, 6) is -0.219. The molecule has 114 valence electrons. The number of primary amides is 1. The summed E-state index contributed by atoms with van der Waals surface area (Å²) in [6, 6.07) is 11.1. The van der Waals surface area contributed by atoms with E-state index in [4.69, 9.17) is 5.73 Å². The van der Waals surface area contributed by atoms with Gasteiger partial charge in [-0.3, -0.25) is 9.69 Å². The Balaban J connectivity index is 1.85. The van der Waals surface area contributed by atoms with Crippen molar-refractivity contribution in [3.8, 4) is 0 Å². The van der Waals surface area contributed by atoms with Crippen molar-refractivity contribution in [1.82, 2.24) is 19.7 Å². The Kier molecular flexibility index (Phi) is 2.94. The Morgan fingerprint density at radius 1 is 1.17 bits per heavy atom. The van der Waals surface area contributed by atoms with E-state index in [1.165, 1.54) is 12.3 Å². The van der Waals surface area contributed by atoms with Crippen LogP contribution in [0, 0.1) is 0 Å². The topological polar surface area (TPSA) is 102 Å². The predicted molar refractivity (Wildman–Crippen MR) is 84.0 cm³/mol. The Hall–Kier alpha value is -3.42. The van der Waals surface area contributed by atoms with Gasteiger partial charge < -0.3 is 11.1 Å². The molecule has 23 heavy (non-hydrogen) atoms. The molecule has 1 atom stereocenters. The predicted octanol–water partition coefficient (Wildman–Crippen LogP) is 1.49. The molecule has 0 saturated carbocycles. The number of fused-ring (bicyclic) bond motifs is 1. The van der Waals surface area contributed by atoms with Crippen molar-refractivity contribution in [2.45, 2.75) is 6.29 Å². The molecule has 0 spiro atoms. The van der Waals surface area contributed by atoms with Crippen LogP contribution in [-0.2, 0) is 0 Å². The Bertz CT molecular complexity index is 862. The van der Waals surface area contributed by atoms with E-state index >= 15 is 0 Å². The molecular weight excluding hydrogens is 294 g/mol. The molecule has 3 N–H and O–H groups in total. The average molecular weight is 307 g/mol. The second-order valence-corrected chi connectivity index (χ2v) is 5.00. The van der Waals surface area contributed by atoms with E-state index in [1.807, 2.05) is 41.4 Å². The number of carbonyl (C=O) groups is 1. The third-order valence-electron chi connectivity index (χ3n) is 3.58. The summed E-state index contributed by atoms with van der Waals surface area (Å²) in [4.78, 5) is 21.8. The van der Waals surface area contributed by atoms with Crippen molar-refractivity contribution >= 4 is 23.2 Å². The number of hydrogen-bond donors (Lipinski definition) is 2. The summed E-state index contributed by atoms with van der Waals surface area (Å²) < 4.78 is 1.75. The van der Waals surface area contributed by atoms with Gasteiger partial charge >= 0.3 is 0 Å². The molecular formula is C15H13N7O. The van der Waals surface area contributed by atoms with Crippen molar-refractivity contribution in [2.24, 2.45) is 5.73 Å². The van der Waals surface area contributed by atoms with Gasteiger partial charge in [0.05, 0.1) is 11.4 Å². The number of amides is 1. The maximum absolute atomic E-state index is 11.4. The van der Waals surface area contributed by atoms with Crippen LogP contribution >= 0.6 is 0 Å². The highest BCUT2D eigenvalue weighted by Crippen LogP contribution is 2.42. The van der Waals surface area contributed by atoms with E-state index in [2.05, 4.69) is 20.4 Å². The molecule has 1 aromatic carbocycles. The van der Waals surface area contributed by atoms with E-state index in [0.717, 1.165) is 11.4 Å². The summed E-state index contributed by atoms with van der Waals surface area (Å²) in [6.45, 7) is 0. The zero-order valence-electron chi connectivity index (χ0n) is 12.0. The molecule has 4 rings (SSSR count). The molecule has 0 saturated heterocycles. The number of hydrogen-bond acceptors (Lipinski definition) is 6. The zero-order valence-corrected chi connectivity index (χ0v) is 12.0. The van der Waals surface area contributed by atoms with E-state index in [-0.39, 0.29) is 12.0 Å². The van der Waals surface area contributed by atoms with Crippen molar-refractivity contribution < 1.29 is 4.79 Å². The zero-order chi connectivity index (χ0) is 15.8. The van der Waals surface area contributed by atoms with Crippen LogP contribution in [0.15, 0.2) is 55.0 Å². The lowest BCUT2D eigenvalue weighted by molar-refractivity contribution is 0.0995. The number of para-hydroxylation sites is 2. The first-order valence-corrected chi connectivity index (χ1v) is 7.01. The van der Waals surface area contributed by atoms with Crippen LogP contribution < -0.4 is 16.0 Å². The molecule has 1 aliphatic heterocycles. The number of carbonyl (C=O) groups excluding carboxylic acids is 1. The first-order chi connectivity index (χ1) is 11.2. The molecule has 3 heterocycles. The molecule has 0 aliphatic carbocycles. The number of nitrogens with zero attached hydrogens (tertiary/aromatic N) is 5. The van der Waals surface area contributed by atoms with E-state index in [1.54, 1.807) is 10.9 Å². The number of anilines is 3. The molecule has 0 fully saturated rings. The molecule has 1 aliphatic rings. The fourth-order valence-corrected chi connectivity index (χ4v) is 2.57. The van der Waals surface area contributed by atoms with Crippen LogP contribution in [-0.4, -0.2) is 25.7 Å². The SMILES string of the molecule is NC(=O)c1ccnc(N2c3ccccc3NC2n2cccn2)n1. The Morgan fingerprint density at radius 2 is 2.04 bits per heavy atom. The van der Waals surface area contributed by atoms with Crippen molar-refractivity contribution in [3.05, 3.63) is 60.7 Å². The molecule has 2 aromatic heterocycles. The van der Waals surface area contributed by atoms with Gasteiger partial charge in [0.15, 0.2) is 0 Å². The van der Waals surface area contributed by atoms with Crippen LogP contribution in [0.1, 0.15) is 16.8 Å². The van der Waals surface area contributed by atoms with Gasteiger partial charge in [0.25, 0.3) is 5.91 Å². The minimum Gasteiger partial charge on any atom is -0.364 e. The van der Waals surface area contributed by atoms with Crippen molar-refractivity contribution in [2.75, 3.05) is 10.2 Å². The van der Waals surface area contributed by atoms with Crippen LogP contribution in [0.3, 0.4) is 0 Å². The number of nitrogens with two attached hydrogens (primary N) is 1. The van der Waals surface area contributed by atoms with Gasteiger partial charge in [-0.25, -0.2) is 14.6 Å². The molecule has 0 bridgehead atoms. The van der Waals surface area contributed by atoms with Crippen LogP contribution in [0.2, 0.25) is 0 Å². The Labute approximate surface area is 131 Å². The summed E-state index contributed by atoms with van der Waals surface area (Å²) >= 11 is 0. The van der Waals surface area contributed by atoms with Crippen LogP contribution in [0.25, 0.3) is 0 Å². The normalized spacial score (nSPS) is 16.0. The molecule has 3 aromatic rings. The number of aromatic nitrogens is 4. The van der Waals surface area contributed by atoms with E-state index in [0.29, 0.717) is 5.95 Å². The number of benzene rings is 1. The first kappa shape index (κ1) is 13.3. The minimum atomic E-state index is -0.593. The van der Waals surface area contributed by atoms with Gasteiger partial charge in [-0.05, 0) is 24.3 Å². The van der Waals surface area contributed by atoms with Crippen molar-refractivity contribution in [1.29, 1.82) is 0 Å². The lowest BCUT2D eigenvalue weighted by Gasteiger charge is -2.25. The minimum absolute atomic E-state index is 0.165. The Morgan fingerprint density at radius 3 is 2.83 bits per heavy atom. The molecule has 1 amide bonds. The summed E-state index contributed by atoms with van der Waals surface area (Å²) in [5.41, 5.74) is 7.32. The summed E-state index contributed by atoms with van der Waals surface area (Å²) in [5, 5.41) is 7.64. The standard InChI is InChI=1S/C15H13N7O/c16-13(23)11-6-8-17-14(19-11)22-12-5-2-1-4-10(12)20-15(22)21-9-3-7-18-21/h1-9,15,20H,(H2,16,23). The maximum Gasteiger partial charge on any atom is 0.267 e. The molecule has 1 unspecified atom stereocenters. The highest BCUT2D eigenvalue weighted by atomic mass is 16.1. The maximum atomic E-state index is 11.4. The lowest BCUT2D eigenvalue weighted by Crippen LogP contribution is -2.31. The van der Waals surface area contributed by atoms with Gasteiger partial charge in [-0.2, -0.15) is 5.10 Å². The van der Waals surface area contributed by atoms with Crippen molar-refractivity contribution in [3.63, 3.8) is 0 Å². The number of nitrogens with one attached hydrogen (secondary N) is 1. The quantitative estimate of drug-likeness (QED) is 0.760. The van der Waals surface area contributed by atoms with Crippen LogP contribution in [0.4, 0.5) is 17.3 Å². The van der Waals surface area contributed by atoms with E-state index < -0.39 is 5.91 Å². The highest BCUT2D eigenvalue weighted by Gasteiger charge is 2.33. The van der Waals surface area contributed by atoms with E-state index in [9.17, 15) is 4.79 Å². The molecule has 8 heteroatoms. The lowest BCUT2D eigenvalue weighted by atomic mass is 10.3. The summed E-state index contributed by atoms with van der Waals surface area (Å²) in [6.07, 6.45) is 4.73. The van der Waals surface area contributed by atoms with Gasteiger partial charge in [0.1, 0.15) is 5.69 Å². The molecule has 8 nitrogen and oxygen atoms in total. The second-order valence-electron chi connectivity index (χ2n) is 5.00. The monoisotopic (exact) mass is 307 g/mol. The van der Waals surface area contributed by atoms with Gasteiger partial charge in [-0.1, -0.05) is 12.1 Å². The fourth-order valence-electron chi connectivity index (χ4n) is 2.57. The number of rotatable bonds is 3. The smallest absolute Gasteiger partial charge is 0.267 e. The van der Waals surface area contributed by atoms with Crippen LogP contribution in [0.5, 0.6) is 0 Å². The first-order valence-electron chi connectivity index (χ1n) is 7.01. The average Bonchev–Trinajstić information content (AvgIpc) is 3.22.